The number of amides is 1. The quantitative estimate of drug-likeness (QED) is 0.908. The van der Waals surface area contributed by atoms with Crippen LogP contribution < -0.4 is 5.32 Å². The fraction of sp³-hybridized carbons (Fsp3) is 0.286. The van der Waals surface area contributed by atoms with E-state index in [1.54, 1.807) is 24.3 Å². The third-order valence-corrected chi connectivity index (χ3v) is 3.58. The first-order valence-electron chi connectivity index (χ1n) is 6.27. The minimum atomic E-state index is -1.01. The smallest absolute Gasteiger partial charge is 0.326 e. The molecule has 1 atom stereocenters. The van der Waals surface area contributed by atoms with Crippen LogP contribution in [0, 0.1) is 5.92 Å². The van der Waals surface area contributed by atoms with Crippen molar-refractivity contribution < 1.29 is 19.1 Å². The van der Waals surface area contributed by atoms with Gasteiger partial charge in [0, 0.05) is 10.4 Å². The summed E-state index contributed by atoms with van der Waals surface area (Å²) in [5, 5.41) is 12.9. The maximum absolute atomic E-state index is 12.0. The molecule has 5 nitrogen and oxygen atoms in total. The molecule has 1 amide bonds. The van der Waals surface area contributed by atoms with Crippen molar-refractivity contribution in [1.82, 2.24) is 5.32 Å². The first-order chi connectivity index (χ1) is 9.54. The molecule has 1 aromatic heterocycles. The molecule has 6 heteroatoms. The van der Waals surface area contributed by atoms with Crippen LogP contribution >= 0.6 is 11.6 Å². The topological polar surface area (TPSA) is 79.5 Å². The Balaban J connectivity index is 1.82. The molecular weight excluding hydrogens is 282 g/mol. The average Bonchev–Trinajstić information content (AvgIpc) is 3.14. The zero-order valence-corrected chi connectivity index (χ0v) is 11.2. The lowest BCUT2D eigenvalue weighted by atomic mass is 10.2. The predicted molar refractivity (Wildman–Crippen MR) is 72.8 cm³/mol. The van der Waals surface area contributed by atoms with E-state index in [-0.39, 0.29) is 11.7 Å². The summed E-state index contributed by atoms with van der Waals surface area (Å²) in [6, 6.07) is 5.73. The summed E-state index contributed by atoms with van der Waals surface area (Å²) in [5.41, 5.74) is 0.540. The number of carbonyl (C=O) groups is 2. The van der Waals surface area contributed by atoms with Crippen molar-refractivity contribution >= 4 is 34.4 Å². The first kappa shape index (κ1) is 13.0. The summed E-state index contributed by atoms with van der Waals surface area (Å²) < 4.78 is 5.40. The average molecular weight is 294 g/mol. The minimum Gasteiger partial charge on any atom is -0.480 e. The predicted octanol–water partition coefficient (Wildman–Crippen LogP) is 2.68. The van der Waals surface area contributed by atoms with Crippen LogP contribution in [0.1, 0.15) is 23.4 Å². The molecule has 0 radical (unpaired) electrons. The van der Waals surface area contributed by atoms with Crippen molar-refractivity contribution in [3.63, 3.8) is 0 Å². The van der Waals surface area contributed by atoms with Crippen LogP contribution in [0.2, 0.25) is 5.02 Å². The van der Waals surface area contributed by atoms with Crippen LogP contribution in [0.4, 0.5) is 0 Å². The molecule has 1 aliphatic rings. The SMILES string of the molecule is O=C(NC(C(=O)O)C1CC1)c1cc2cc(Cl)ccc2o1. The van der Waals surface area contributed by atoms with E-state index in [9.17, 15) is 9.59 Å². The minimum absolute atomic E-state index is 0.0234. The molecule has 0 aliphatic heterocycles. The Hall–Kier alpha value is -2.01. The van der Waals surface area contributed by atoms with Crippen molar-refractivity contribution in [2.75, 3.05) is 0 Å². The maximum Gasteiger partial charge on any atom is 0.326 e. The molecule has 2 aromatic rings. The van der Waals surface area contributed by atoms with E-state index in [1.165, 1.54) is 0 Å². The van der Waals surface area contributed by atoms with Crippen LogP contribution in [0.25, 0.3) is 11.0 Å². The summed E-state index contributed by atoms with van der Waals surface area (Å²) in [7, 11) is 0. The standard InChI is InChI=1S/C14H12ClNO4/c15-9-3-4-10-8(5-9)6-11(20-10)13(17)16-12(14(18)19)7-1-2-7/h3-7,12H,1-2H2,(H,16,17)(H,18,19). The highest BCUT2D eigenvalue weighted by Gasteiger charge is 2.37. The number of aliphatic carboxylic acids is 1. The lowest BCUT2D eigenvalue weighted by Gasteiger charge is -2.11. The summed E-state index contributed by atoms with van der Waals surface area (Å²) in [4.78, 5) is 23.1. The largest absolute Gasteiger partial charge is 0.480 e. The lowest BCUT2D eigenvalue weighted by molar-refractivity contribution is -0.139. The zero-order valence-electron chi connectivity index (χ0n) is 10.4. The van der Waals surface area contributed by atoms with Gasteiger partial charge in [0.2, 0.25) is 0 Å². The molecule has 1 fully saturated rings. The molecule has 0 saturated heterocycles. The second-order valence-corrected chi connectivity index (χ2v) is 5.36. The van der Waals surface area contributed by atoms with Gasteiger partial charge in [-0.05, 0) is 43.0 Å². The van der Waals surface area contributed by atoms with Gasteiger partial charge in [0.25, 0.3) is 5.91 Å². The van der Waals surface area contributed by atoms with Gasteiger partial charge < -0.3 is 14.8 Å². The van der Waals surface area contributed by atoms with Gasteiger partial charge in [0.15, 0.2) is 5.76 Å². The van der Waals surface area contributed by atoms with Gasteiger partial charge in [0.1, 0.15) is 11.6 Å². The molecule has 1 heterocycles. The second-order valence-electron chi connectivity index (χ2n) is 4.92. The van der Waals surface area contributed by atoms with E-state index in [1.807, 2.05) is 0 Å². The summed E-state index contributed by atoms with van der Waals surface area (Å²) in [6.07, 6.45) is 1.65. The Morgan fingerprint density at radius 1 is 1.35 bits per heavy atom. The molecule has 0 bridgehead atoms. The van der Waals surface area contributed by atoms with Gasteiger partial charge in [0.05, 0.1) is 0 Å². The highest BCUT2D eigenvalue weighted by Crippen LogP contribution is 2.33. The fourth-order valence-corrected chi connectivity index (χ4v) is 2.33. The Bertz CT molecular complexity index is 690. The van der Waals surface area contributed by atoms with Crippen LogP contribution in [0.15, 0.2) is 28.7 Å². The molecule has 1 unspecified atom stereocenters. The van der Waals surface area contributed by atoms with Crippen molar-refractivity contribution in [3.05, 3.63) is 35.0 Å². The van der Waals surface area contributed by atoms with Crippen LogP contribution in [-0.4, -0.2) is 23.0 Å². The number of halogens is 1. The number of nitrogens with one attached hydrogen (secondary N) is 1. The van der Waals surface area contributed by atoms with E-state index in [4.69, 9.17) is 21.1 Å². The fourth-order valence-electron chi connectivity index (χ4n) is 2.15. The highest BCUT2D eigenvalue weighted by molar-refractivity contribution is 6.31. The van der Waals surface area contributed by atoms with Crippen molar-refractivity contribution in [1.29, 1.82) is 0 Å². The van der Waals surface area contributed by atoms with E-state index in [2.05, 4.69) is 5.32 Å². The van der Waals surface area contributed by atoms with Gasteiger partial charge in [-0.3, -0.25) is 4.79 Å². The third kappa shape index (κ3) is 2.49. The van der Waals surface area contributed by atoms with E-state index >= 15 is 0 Å². The van der Waals surface area contributed by atoms with Crippen molar-refractivity contribution in [2.24, 2.45) is 5.92 Å². The molecule has 1 aromatic carbocycles. The summed E-state index contributed by atoms with van der Waals surface area (Å²) >= 11 is 5.86. The summed E-state index contributed by atoms with van der Waals surface area (Å²) in [5.74, 6) is -1.42. The van der Waals surface area contributed by atoms with Crippen molar-refractivity contribution in [2.45, 2.75) is 18.9 Å². The molecular formula is C14H12ClNO4. The van der Waals surface area contributed by atoms with Gasteiger partial charge in [-0.25, -0.2) is 4.79 Å². The zero-order chi connectivity index (χ0) is 14.3. The number of hydrogen-bond acceptors (Lipinski definition) is 3. The lowest BCUT2D eigenvalue weighted by Crippen LogP contribution is -2.42. The van der Waals surface area contributed by atoms with Gasteiger partial charge in [-0.15, -0.1) is 0 Å². The van der Waals surface area contributed by atoms with Gasteiger partial charge >= 0.3 is 5.97 Å². The summed E-state index contributed by atoms with van der Waals surface area (Å²) in [6.45, 7) is 0. The Morgan fingerprint density at radius 2 is 2.10 bits per heavy atom. The number of hydrogen-bond donors (Lipinski definition) is 2. The van der Waals surface area contributed by atoms with Gasteiger partial charge in [-0.1, -0.05) is 11.6 Å². The number of furan rings is 1. The van der Waals surface area contributed by atoms with E-state index in [0.29, 0.717) is 16.0 Å². The highest BCUT2D eigenvalue weighted by atomic mass is 35.5. The Morgan fingerprint density at radius 3 is 2.75 bits per heavy atom. The Kier molecular flexibility index (Phi) is 3.14. The number of carboxylic acid groups (broad SMARTS) is 1. The second kappa shape index (κ2) is 4.83. The molecule has 0 spiro atoms. The number of rotatable bonds is 4. The number of benzene rings is 1. The van der Waals surface area contributed by atoms with Crippen LogP contribution in [0.5, 0.6) is 0 Å². The van der Waals surface area contributed by atoms with Crippen LogP contribution in [-0.2, 0) is 4.79 Å². The molecule has 2 N–H and O–H groups in total. The van der Waals surface area contributed by atoms with Crippen LogP contribution in [0.3, 0.4) is 0 Å². The third-order valence-electron chi connectivity index (χ3n) is 3.35. The number of carbonyl (C=O) groups excluding carboxylic acids is 1. The van der Waals surface area contributed by atoms with Crippen molar-refractivity contribution in [3.8, 4) is 0 Å². The van der Waals surface area contributed by atoms with E-state index < -0.39 is 17.9 Å². The molecule has 1 aliphatic carbocycles. The van der Waals surface area contributed by atoms with E-state index in [0.717, 1.165) is 12.8 Å². The number of fused-ring (bicyclic) bond motifs is 1. The number of carboxylic acids is 1. The molecule has 1 saturated carbocycles. The molecule has 20 heavy (non-hydrogen) atoms. The maximum atomic E-state index is 12.0. The Labute approximate surface area is 119 Å². The molecule has 3 rings (SSSR count). The first-order valence-corrected chi connectivity index (χ1v) is 6.65. The molecule has 104 valence electrons. The monoisotopic (exact) mass is 293 g/mol. The normalized spacial score (nSPS) is 16.1. The van der Waals surface area contributed by atoms with Gasteiger partial charge in [-0.2, -0.15) is 0 Å².